The van der Waals surface area contributed by atoms with Crippen molar-refractivity contribution in [3.8, 4) is 0 Å². The van der Waals surface area contributed by atoms with Crippen LogP contribution in [0.4, 0.5) is 23.2 Å². The molecule has 9 nitrogen and oxygen atoms in total. The fourth-order valence-electron chi connectivity index (χ4n) is 2.56. The van der Waals surface area contributed by atoms with Gasteiger partial charge in [-0.1, -0.05) is 0 Å². The number of carboxylic acids is 1. The van der Waals surface area contributed by atoms with E-state index >= 15 is 0 Å². The van der Waals surface area contributed by atoms with Crippen molar-refractivity contribution in [2.45, 2.75) is 23.5 Å². The van der Waals surface area contributed by atoms with Crippen LogP contribution < -0.4 is 10.0 Å². The maximum atomic E-state index is 13.4. The number of esters is 1. The van der Waals surface area contributed by atoms with Gasteiger partial charge in [-0.25, -0.2) is 17.6 Å². The predicted molar refractivity (Wildman–Crippen MR) is 104 cm³/mol. The molecule has 2 aromatic carbocycles. The minimum atomic E-state index is -5.04. The summed E-state index contributed by atoms with van der Waals surface area (Å²) in [6.45, 7) is 0. The van der Waals surface area contributed by atoms with E-state index < -0.39 is 68.5 Å². The molecule has 0 spiro atoms. The lowest BCUT2D eigenvalue weighted by Crippen LogP contribution is -2.42. The Hall–Kier alpha value is -3.68. The first-order valence-electron chi connectivity index (χ1n) is 8.84. The van der Waals surface area contributed by atoms with E-state index in [1.54, 1.807) is 0 Å². The molecule has 0 aliphatic heterocycles. The quantitative estimate of drug-likeness (QED) is 0.380. The first kappa shape index (κ1) is 25.6. The zero-order valence-electron chi connectivity index (χ0n) is 16.6. The molecule has 0 aliphatic carbocycles. The summed E-state index contributed by atoms with van der Waals surface area (Å²) in [4.78, 5) is 34.2. The number of nitrogens with one attached hydrogen (secondary N) is 2. The minimum absolute atomic E-state index is 0.144. The summed E-state index contributed by atoms with van der Waals surface area (Å²) in [7, 11) is -3.42. The van der Waals surface area contributed by atoms with E-state index in [9.17, 15) is 40.4 Å². The monoisotopic (exact) mass is 492 g/mol. The van der Waals surface area contributed by atoms with Crippen LogP contribution in [-0.4, -0.2) is 44.5 Å². The van der Waals surface area contributed by atoms with Gasteiger partial charge in [-0.2, -0.15) is 13.2 Å². The molecular formula is C19H16F4N2O7S. The Kier molecular flexibility index (Phi) is 7.64. The van der Waals surface area contributed by atoms with Gasteiger partial charge >= 0.3 is 18.1 Å². The molecule has 0 aromatic heterocycles. The molecule has 0 heterocycles. The zero-order valence-corrected chi connectivity index (χ0v) is 17.5. The van der Waals surface area contributed by atoms with Crippen LogP contribution in [0.15, 0.2) is 47.4 Å². The van der Waals surface area contributed by atoms with Gasteiger partial charge in [-0.15, -0.1) is 0 Å². The van der Waals surface area contributed by atoms with E-state index in [4.69, 9.17) is 5.11 Å². The molecule has 33 heavy (non-hydrogen) atoms. The predicted octanol–water partition coefficient (Wildman–Crippen LogP) is 2.39. The number of hydrogen-bond acceptors (Lipinski definition) is 6. The van der Waals surface area contributed by atoms with Crippen molar-refractivity contribution in [2.24, 2.45) is 0 Å². The van der Waals surface area contributed by atoms with Crippen LogP contribution >= 0.6 is 0 Å². The SMILES string of the molecule is COC(=O)C(CC(=O)O)NC(=O)c1ccc(S(=O)(=O)Nc2ccc(F)c(C(F)(F)F)c2)cc1. The Bertz CT molecular complexity index is 1170. The van der Waals surface area contributed by atoms with Gasteiger partial charge in [-0.3, -0.25) is 14.3 Å². The normalized spacial score (nSPS) is 12.5. The van der Waals surface area contributed by atoms with Crippen LogP contribution in [0.3, 0.4) is 0 Å². The van der Waals surface area contributed by atoms with Crippen molar-refractivity contribution in [1.29, 1.82) is 0 Å². The highest BCUT2D eigenvalue weighted by atomic mass is 32.2. The number of alkyl halides is 3. The Morgan fingerprint density at radius 1 is 1.09 bits per heavy atom. The second-order valence-electron chi connectivity index (χ2n) is 6.47. The van der Waals surface area contributed by atoms with Gasteiger partial charge in [0, 0.05) is 11.3 Å². The van der Waals surface area contributed by atoms with Gasteiger partial charge in [0.1, 0.15) is 11.9 Å². The third-order valence-corrected chi connectivity index (χ3v) is 5.52. The number of benzene rings is 2. The number of carbonyl (C=O) groups excluding carboxylic acids is 2. The van der Waals surface area contributed by atoms with Crippen molar-refractivity contribution in [2.75, 3.05) is 11.8 Å². The summed E-state index contributed by atoms with van der Waals surface area (Å²) in [5.41, 5.74) is -2.34. The summed E-state index contributed by atoms with van der Waals surface area (Å²) in [6, 6.07) is 4.04. The van der Waals surface area contributed by atoms with Crippen molar-refractivity contribution in [3.05, 3.63) is 59.4 Å². The minimum Gasteiger partial charge on any atom is -0.481 e. The molecule has 2 aromatic rings. The smallest absolute Gasteiger partial charge is 0.419 e. The van der Waals surface area contributed by atoms with Gasteiger partial charge < -0.3 is 15.2 Å². The summed E-state index contributed by atoms with van der Waals surface area (Å²) in [6.07, 6.45) is -5.80. The molecule has 0 bridgehead atoms. The van der Waals surface area contributed by atoms with E-state index in [0.29, 0.717) is 12.1 Å². The van der Waals surface area contributed by atoms with Crippen molar-refractivity contribution in [3.63, 3.8) is 0 Å². The third kappa shape index (κ3) is 6.65. The van der Waals surface area contributed by atoms with Crippen LogP contribution in [-0.2, 0) is 30.5 Å². The lowest BCUT2D eigenvalue weighted by atomic mass is 10.1. The topological polar surface area (TPSA) is 139 Å². The summed E-state index contributed by atoms with van der Waals surface area (Å²) >= 11 is 0. The van der Waals surface area contributed by atoms with Crippen molar-refractivity contribution < 1.29 is 50.2 Å². The number of aliphatic carboxylic acids is 1. The highest BCUT2D eigenvalue weighted by Crippen LogP contribution is 2.33. The first-order valence-corrected chi connectivity index (χ1v) is 10.3. The standard InChI is InChI=1S/C19H16F4N2O7S/c1-32-18(29)15(9-16(26)27)24-17(28)10-2-5-12(6-3-10)33(30,31)25-11-4-7-14(20)13(8-11)19(21,22)23/h2-8,15,25H,9H2,1H3,(H,24,28)(H,26,27). The second-order valence-corrected chi connectivity index (χ2v) is 8.15. The van der Waals surface area contributed by atoms with Gasteiger partial charge in [0.2, 0.25) is 0 Å². The largest absolute Gasteiger partial charge is 0.481 e. The maximum absolute atomic E-state index is 13.4. The number of rotatable bonds is 8. The molecule has 0 saturated carbocycles. The number of carboxylic acid groups (broad SMARTS) is 1. The summed E-state index contributed by atoms with van der Waals surface area (Å²) in [5, 5.41) is 11.0. The molecule has 3 N–H and O–H groups in total. The zero-order chi connectivity index (χ0) is 25.0. The first-order chi connectivity index (χ1) is 15.2. The average Bonchev–Trinajstić information content (AvgIpc) is 2.72. The van der Waals surface area contributed by atoms with Crippen LogP contribution in [0.25, 0.3) is 0 Å². The van der Waals surface area contributed by atoms with Crippen molar-refractivity contribution >= 4 is 33.6 Å². The van der Waals surface area contributed by atoms with Gasteiger partial charge in [0.25, 0.3) is 15.9 Å². The lowest BCUT2D eigenvalue weighted by molar-refractivity contribution is -0.147. The molecule has 0 radical (unpaired) electrons. The van der Waals surface area contributed by atoms with Crippen LogP contribution in [0, 0.1) is 5.82 Å². The fraction of sp³-hybridized carbons (Fsp3) is 0.211. The molecule has 14 heteroatoms. The Morgan fingerprint density at radius 2 is 1.70 bits per heavy atom. The van der Waals surface area contributed by atoms with Crippen LogP contribution in [0.1, 0.15) is 22.3 Å². The molecule has 0 aliphatic rings. The Morgan fingerprint density at radius 3 is 2.21 bits per heavy atom. The van der Waals surface area contributed by atoms with E-state index in [1.165, 1.54) is 0 Å². The second kappa shape index (κ2) is 9.85. The summed E-state index contributed by atoms with van der Waals surface area (Å²) in [5.74, 6) is -4.87. The molecule has 0 fully saturated rings. The van der Waals surface area contributed by atoms with Crippen LogP contribution in [0.5, 0.6) is 0 Å². The number of sulfonamides is 1. The number of carbonyl (C=O) groups is 3. The number of halogens is 4. The van der Waals surface area contributed by atoms with E-state index in [0.717, 1.165) is 37.4 Å². The molecule has 1 amide bonds. The number of hydrogen-bond donors (Lipinski definition) is 3. The highest BCUT2D eigenvalue weighted by molar-refractivity contribution is 7.92. The molecule has 1 unspecified atom stereocenters. The Labute approximate surface area is 184 Å². The van der Waals surface area contributed by atoms with Crippen molar-refractivity contribution in [1.82, 2.24) is 5.32 Å². The number of ether oxygens (including phenoxy) is 1. The van der Waals surface area contributed by atoms with Gasteiger partial charge in [-0.05, 0) is 42.5 Å². The fourth-order valence-corrected chi connectivity index (χ4v) is 3.61. The number of amides is 1. The van der Waals surface area contributed by atoms with Gasteiger partial charge in [0.05, 0.1) is 24.0 Å². The molecule has 0 saturated heterocycles. The number of methoxy groups -OCH3 is 1. The van der Waals surface area contributed by atoms with E-state index in [1.807, 2.05) is 4.72 Å². The summed E-state index contributed by atoms with van der Waals surface area (Å²) < 4.78 is 83.0. The maximum Gasteiger partial charge on any atom is 0.419 e. The highest BCUT2D eigenvalue weighted by Gasteiger charge is 2.34. The van der Waals surface area contributed by atoms with E-state index in [2.05, 4.69) is 10.1 Å². The molecule has 178 valence electrons. The number of anilines is 1. The average molecular weight is 492 g/mol. The Balaban J connectivity index is 2.20. The molecular weight excluding hydrogens is 476 g/mol. The molecule has 2 rings (SSSR count). The lowest BCUT2D eigenvalue weighted by Gasteiger charge is -2.15. The molecule has 1 atom stereocenters. The third-order valence-electron chi connectivity index (χ3n) is 4.12. The van der Waals surface area contributed by atoms with E-state index in [-0.39, 0.29) is 5.56 Å². The van der Waals surface area contributed by atoms with Crippen LogP contribution in [0.2, 0.25) is 0 Å². The van der Waals surface area contributed by atoms with Gasteiger partial charge in [0.15, 0.2) is 0 Å².